The first-order valence-corrected chi connectivity index (χ1v) is 5.52. The Morgan fingerprint density at radius 3 is 2.69 bits per heavy atom. The Bertz CT molecular complexity index is 519. The molecule has 84 valence electrons. The molecule has 2 heterocycles. The average molecular weight is 237 g/mol. The van der Waals surface area contributed by atoms with Crippen LogP contribution in [0.25, 0.3) is 11.4 Å². The summed E-state index contributed by atoms with van der Waals surface area (Å²) in [4.78, 5) is 8.67. The third-order valence-corrected chi connectivity index (χ3v) is 2.56. The SMILES string of the molecule is CCc1cc(Cl)nc(-c2cn(C)nc2C)n1. The number of nitrogens with zero attached hydrogens (tertiary/aromatic N) is 4. The zero-order valence-electron chi connectivity index (χ0n) is 9.53. The number of halogens is 1. The molecule has 0 radical (unpaired) electrons. The van der Waals surface area contributed by atoms with Crippen LogP contribution < -0.4 is 0 Å². The lowest BCUT2D eigenvalue weighted by Gasteiger charge is -2.01. The highest BCUT2D eigenvalue weighted by Gasteiger charge is 2.10. The molecule has 0 saturated heterocycles. The van der Waals surface area contributed by atoms with Crippen molar-refractivity contribution >= 4 is 11.6 Å². The Labute approximate surface area is 99.3 Å². The number of rotatable bonds is 2. The van der Waals surface area contributed by atoms with E-state index in [2.05, 4.69) is 15.1 Å². The van der Waals surface area contributed by atoms with Crippen molar-refractivity contribution in [1.82, 2.24) is 19.7 Å². The zero-order valence-corrected chi connectivity index (χ0v) is 10.3. The highest BCUT2D eigenvalue weighted by molar-refractivity contribution is 6.29. The van der Waals surface area contributed by atoms with Gasteiger partial charge in [-0.2, -0.15) is 5.10 Å². The predicted molar refractivity (Wildman–Crippen MR) is 63.4 cm³/mol. The number of hydrogen-bond acceptors (Lipinski definition) is 3. The van der Waals surface area contributed by atoms with E-state index in [1.807, 2.05) is 27.1 Å². The molecule has 0 aliphatic carbocycles. The van der Waals surface area contributed by atoms with Gasteiger partial charge in [0.25, 0.3) is 0 Å². The lowest BCUT2D eigenvalue weighted by Crippen LogP contribution is -1.95. The molecule has 0 saturated carbocycles. The summed E-state index contributed by atoms with van der Waals surface area (Å²) in [6.07, 6.45) is 2.75. The maximum absolute atomic E-state index is 5.96. The van der Waals surface area contributed by atoms with Crippen molar-refractivity contribution < 1.29 is 0 Å². The Kier molecular flexibility index (Phi) is 2.92. The molecule has 16 heavy (non-hydrogen) atoms. The Morgan fingerprint density at radius 1 is 1.38 bits per heavy atom. The summed E-state index contributed by atoms with van der Waals surface area (Å²) in [5.74, 6) is 0.648. The van der Waals surface area contributed by atoms with Gasteiger partial charge in [0, 0.05) is 18.9 Å². The maximum Gasteiger partial charge on any atom is 0.164 e. The monoisotopic (exact) mass is 236 g/mol. The van der Waals surface area contributed by atoms with Gasteiger partial charge in [0.15, 0.2) is 5.82 Å². The minimum Gasteiger partial charge on any atom is -0.275 e. The Hall–Kier alpha value is -1.42. The molecule has 0 amide bonds. The van der Waals surface area contributed by atoms with Crippen LogP contribution in [-0.4, -0.2) is 19.7 Å². The van der Waals surface area contributed by atoms with Gasteiger partial charge in [-0.15, -0.1) is 0 Å². The van der Waals surface area contributed by atoms with E-state index in [0.29, 0.717) is 11.0 Å². The fraction of sp³-hybridized carbons (Fsp3) is 0.364. The van der Waals surface area contributed by atoms with Gasteiger partial charge < -0.3 is 0 Å². The van der Waals surface area contributed by atoms with Gasteiger partial charge >= 0.3 is 0 Å². The summed E-state index contributed by atoms with van der Waals surface area (Å²) >= 11 is 5.96. The normalized spacial score (nSPS) is 10.8. The van der Waals surface area contributed by atoms with Crippen molar-refractivity contribution in [2.75, 3.05) is 0 Å². The van der Waals surface area contributed by atoms with E-state index in [1.54, 1.807) is 10.7 Å². The molecular weight excluding hydrogens is 224 g/mol. The summed E-state index contributed by atoms with van der Waals surface area (Å²) in [5.41, 5.74) is 2.78. The van der Waals surface area contributed by atoms with Crippen LogP contribution in [0.15, 0.2) is 12.3 Å². The van der Waals surface area contributed by atoms with Gasteiger partial charge in [-0.1, -0.05) is 18.5 Å². The third kappa shape index (κ3) is 2.07. The number of aryl methyl sites for hydroxylation is 3. The highest BCUT2D eigenvalue weighted by Crippen LogP contribution is 2.20. The van der Waals surface area contributed by atoms with E-state index in [1.165, 1.54) is 0 Å². The topological polar surface area (TPSA) is 43.6 Å². The van der Waals surface area contributed by atoms with E-state index < -0.39 is 0 Å². The lowest BCUT2D eigenvalue weighted by atomic mass is 10.2. The predicted octanol–water partition coefficient (Wildman–Crippen LogP) is 2.40. The third-order valence-electron chi connectivity index (χ3n) is 2.36. The molecule has 0 atom stereocenters. The molecule has 5 heteroatoms. The minimum absolute atomic E-state index is 0.477. The summed E-state index contributed by atoms with van der Waals surface area (Å²) in [6, 6.07) is 1.79. The average Bonchev–Trinajstić information content (AvgIpc) is 2.57. The zero-order chi connectivity index (χ0) is 11.7. The van der Waals surface area contributed by atoms with Crippen molar-refractivity contribution in [2.45, 2.75) is 20.3 Å². The molecule has 0 unspecified atom stereocenters. The van der Waals surface area contributed by atoms with Gasteiger partial charge in [0.1, 0.15) is 5.15 Å². The highest BCUT2D eigenvalue weighted by atomic mass is 35.5. The van der Waals surface area contributed by atoms with Gasteiger partial charge in [-0.25, -0.2) is 9.97 Å². The van der Waals surface area contributed by atoms with Gasteiger partial charge in [0.05, 0.1) is 11.3 Å². The lowest BCUT2D eigenvalue weighted by molar-refractivity contribution is 0.756. The molecule has 2 aromatic heterocycles. The van der Waals surface area contributed by atoms with E-state index in [4.69, 9.17) is 11.6 Å². The largest absolute Gasteiger partial charge is 0.275 e. The first-order chi connectivity index (χ1) is 7.60. The standard InChI is InChI=1S/C11H13ClN4/c1-4-8-5-10(12)14-11(13-8)9-6-16(3)15-7(9)2/h5-6H,4H2,1-3H3. The fourth-order valence-corrected chi connectivity index (χ4v) is 1.79. The quantitative estimate of drug-likeness (QED) is 0.752. The van der Waals surface area contributed by atoms with Crippen molar-refractivity contribution in [3.63, 3.8) is 0 Å². The molecule has 0 spiro atoms. The van der Waals surface area contributed by atoms with Crippen LogP contribution in [-0.2, 0) is 13.5 Å². The molecule has 0 aliphatic rings. The molecular formula is C11H13ClN4. The van der Waals surface area contributed by atoms with Crippen LogP contribution in [0.5, 0.6) is 0 Å². The second kappa shape index (κ2) is 4.22. The second-order valence-electron chi connectivity index (χ2n) is 3.66. The van der Waals surface area contributed by atoms with Crippen LogP contribution >= 0.6 is 11.6 Å². The molecule has 0 aromatic carbocycles. The van der Waals surface area contributed by atoms with E-state index in [-0.39, 0.29) is 0 Å². The summed E-state index contributed by atoms with van der Waals surface area (Å²) in [7, 11) is 1.88. The number of hydrogen-bond donors (Lipinski definition) is 0. The van der Waals surface area contributed by atoms with Crippen LogP contribution in [0.2, 0.25) is 5.15 Å². The van der Waals surface area contributed by atoms with Crippen LogP contribution in [0.1, 0.15) is 18.3 Å². The minimum atomic E-state index is 0.477. The molecule has 2 rings (SSSR count). The smallest absolute Gasteiger partial charge is 0.164 e. The Morgan fingerprint density at radius 2 is 2.12 bits per heavy atom. The van der Waals surface area contributed by atoms with Gasteiger partial charge in [-0.05, 0) is 19.4 Å². The molecule has 0 fully saturated rings. The van der Waals surface area contributed by atoms with Crippen molar-refractivity contribution in [3.8, 4) is 11.4 Å². The molecule has 0 bridgehead atoms. The second-order valence-corrected chi connectivity index (χ2v) is 4.05. The summed E-state index contributed by atoms with van der Waals surface area (Å²) in [6.45, 7) is 3.98. The summed E-state index contributed by atoms with van der Waals surface area (Å²) in [5, 5.41) is 4.74. The molecule has 0 aliphatic heterocycles. The maximum atomic E-state index is 5.96. The van der Waals surface area contributed by atoms with E-state index >= 15 is 0 Å². The number of aromatic nitrogens is 4. The molecule has 2 aromatic rings. The van der Waals surface area contributed by atoms with Crippen molar-refractivity contribution in [1.29, 1.82) is 0 Å². The van der Waals surface area contributed by atoms with Crippen LogP contribution in [0, 0.1) is 6.92 Å². The van der Waals surface area contributed by atoms with Crippen LogP contribution in [0.3, 0.4) is 0 Å². The van der Waals surface area contributed by atoms with Gasteiger partial charge in [0.2, 0.25) is 0 Å². The van der Waals surface area contributed by atoms with Crippen molar-refractivity contribution in [3.05, 3.63) is 28.8 Å². The van der Waals surface area contributed by atoms with Crippen molar-refractivity contribution in [2.24, 2.45) is 7.05 Å². The molecule has 0 N–H and O–H groups in total. The first kappa shape index (κ1) is 11.1. The fourth-order valence-electron chi connectivity index (χ4n) is 1.58. The van der Waals surface area contributed by atoms with E-state index in [0.717, 1.165) is 23.4 Å². The first-order valence-electron chi connectivity index (χ1n) is 5.14. The van der Waals surface area contributed by atoms with E-state index in [9.17, 15) is 0 Å². The Balaban J connectivity index is 2.55. The van der Waals surface area contributed by atoms with Gasteiger partial charge in [-0.3, -0.25) is 4.68 Å². The van der Waals surface area contributed by atoms with Crippen LogP contribution in [0.4, 0.5) is 0 Å². The summed E-state index contributed by atoms with van der Waals surface area (Å²) < 4.78 is 1.75. The molecule has 4 nitrogen and oxygen atoms in total.